The maximum absolute atomic E-state index is 12.8. The highest BCUT2D eigenvalue weighted by Crippen LogP contribution is 2.39. The highest BCUT2D eigenvalue weighted by atomic mass is 32.1. The summed E-state index contributed by atoms with van der Waals surface area (Å²) >= 11 is 1.08. The number of esters is 4. The minimum Gasteiger partial charge on any atom is -0.469 e. The minimum atomic E-state index is -1.70. The largest absolute Gasteiger partial charge is 0.469 e. The lowest BCUT2D eigenvalue weighted by molar-refractivity contribution is -0.156. The first-order valence-corrected chi connectivity index (χ1v) is 9.47. The van der Waals surface area contributed by atoms with Crippen molar-refractivity contribution in [2.24, 2.45) is 11.8 Å². The minimum absolute atomic E-state index is 0.317. The van der Waals surface area contributed by atoms with Crippen LogP contribution in [-0.4, -0.2) is 63.9 Å². The maximum atomic E-state index is 12.8. The van der Waals surface area contributed by atoms with Gasteiger partial charge < -0.3 is 18.9 Å². The van der Waals surface area contributed by atoms with E-state index in [0.29, 0.717) is 4.88 Å². The van der Waals surface area contributed by atoms with Gasteiger partial charge in [0.1, 0.15) is 24.7 Å². The fourth-order valence-electron chi connectivity index (χ4n) is 2.86. The van der Waals surface area contributed by atoms with E-state index in [1.807, 2.05) is 0 Å². The van der Waals surface area contributed by atoms with Crippen molar-refractivity contribution in [2.45, 2.75) is 18.8 Å². The summed E-state index contributed by atoms with van der Waals surface area (Å²) < 4.78 is 18.4. The van der Waals surface area contributed by atoms with E-state index >= 15 is 0 Å². The van der Waals surface area contributed by atoms with E-state index in [-0.39, 0.29) is 0 Å². The van der Waals surface area contributed by atoms with Gasteiger partial charge in [-0.25, -0.2) is 0 Å². The SMILES string of the molecule is COC(=O)CC(=O)[C@@H](C(=O)OC)C(c1cccs1)[C@@H](C(=O)CC(=O)OC)C(=O)OC. The van der Waals surface area contributed by atoms with Crippen LogP contribution < -0.4 is 0 Å². The van der Waals surface area contributed by atoms with E-state index < -0.39 is 66.0 Å². The Morgan fingerprint density at radius 1 is 0.767 bits per heavy atom. The fourth-order valence-corrected chi connectivity index (χ4v) is 3.76. The molecule has 2 atom stereocenters. The Morgan fingerprint density at radius 3 is 1.50 bits per heavy atom. The van der Waals surface area contributed by atoms with E-state index in [0.717, 1.165) is 39.8 Å². The Balaban J connectivity index is 3.58. The number of ether oxygens (including phenoxy) is 4. The Kier molecular flexibility index (Phi) is 9.82. The van der Waals surface area contributed by atoms with Crippen LogP contribution in [0.3, 0.4) is 0 Å². The first-order chi connectivity index (χ1) is 14.2. The zero-order valence-electron chi connectivity index (χ0n) is 16.9. The van der Waals surface area contributed by atoms with Gasteiger partial charge in [-0.1, -0.05) is 6.07 Å². The molecule has 0 bridgehead atoms. The van der Waals surface area contributed by atoms with Gasteiger partial charge in [-0.05, 0) is 11.4 Å². The van der Waals surface area contributed by atoms with Crippen molar-refractivity contribution in [3.63, 3.8) is 0 Å². The third-order valence-electron chi connectivity index (χ3n) is 4.29. The molecule has 0 aromatic carbocycles. The number of ketones is 2. The molecule has 0 radical (unpaired) electrons. The zero-order chi connectivity index (χ0) is 22.8. The molecule has 0 aliphatic heterocycles. The van der Waals surface area contributed by atoms with Gasteiger partial charge in [-0.15, -0.1) is 11.3 Å². The Hall–Kier alpha value is -3.08. The topological polar surface area (TPSA) is 139 Å². The van der Waals surface area contributed by atoms with Gasteiger partial charge in [0, 0.05) is 10.8 Å². The molecular formula is C19H22O10S. The summed E-state index contributed by atoms with van der Waals surface area (Å²) in [5.41, 5.74) is 0. The van der Waals surface area contributed by atoms with Gasteiger partial charge >= 0.3 is 23.9 Å². The van der Waals surface area contributed by atoms with Crippen LogP contribution >= 0.6 is 11.3 Å². The van der Waals surface area contributed by atoms with E-state index in [1.165, 1.54) is 6.07 Å². The molecule has 0 saturated heterocycles. The van der Waals surface area contributed by atoms with Crippen LogP contribution in [0.2, 0.25) is 0 Å². The molecule has 0 N–H and O–H groups in total. The van der Waals surface area contributed by atoms with Crippen molar-refractivity contribution in [1.29, 1.82) is 0 Å². The summed E-state index contributed by atoms with van der Waals surface area (Å²) in [5, 5.41) is 1.61. The molecule has 1 rings (SSSR count). The van der Waals surface area contributed by atoms with E-state index in [1.54, 1.807) is 11.4 Å². The molecule has 0 aliphatic carbocycles. The summed E-state index contributed by atoms with van der Waals surface area (Å²) in [7, 11) is 4.18. The van der Waals surface area contributed by atoms with Gasteiger partial charge in [-0.2, -0.15) is 0 Å². The second kappa shape index (κ2) is 11.8. The van der Waals surface area contributed by atoms with Gasteiger partial charge in [-0.3, -0.25) is 28.8 Å². The summed E-state index contributed by atoms with van der Waals surface area (Å²) in [6.45, 7) is 0. The van der Waals surface area contributed by atoms with E-state index in [2.05, 4.69) is 9.47 Å². The summed E-state index contributed by atoms with van der Waals surface area (Å²) in [6, 6.07) is 3.10. The third-order valence-corrected chi connectivity index (χ3v) is 5.26. The Morgan fingerprint density at radius 2 is 1.20 bits per heavy atom. The number of methoxy groups -OCH3 is 4. The van der Waals surface area contributed by atoms with Gasteiger partial charge in [0.25, 0.3) is 0 Å². The lowest BCUT2D eigenvalue weighted by Crippen LogP contribution is -2.42. The predicted molar refractivity (Wildman–Crippen MR) is 101 cm³/mol. The third kappa shape index (κ3) is 6.21. The Bertz CT molecular complexity index is 748. The first kappa shape index (κ1) is 25.0. The van der Waals surface area contributed by atoms with E-state index in [4.69, 9.17) is 9.47 Å². The van der Waals surface area contributed by atoms with Crippen molar-refractivity contribution in [3.8, 4) is 0 Å². The number of thiophene rings is 1. The quantitative estimate of drug-likeness (QED) is 0.273. The van der Waals surface area contributed by atoms with Crippen molar-refractivity contribution in [3.05, 3.63) is 22.4 Å². The standard InChI is InChI=1S/C19H22O10S/c1-26-13(22)8-10(20)15(18(24)28-3)17(12-6-5-7-30-12)16(19(25)29-4)11(21)9-14(23)27-2/h5-7,15-17H,8-9H2,1-4H3/t15-,16-/m1/s1. The Labute approximate surface area is 176 Å². The molecule has 1 aromatic heterocycles. The monoisotopic (exact) mass is 442 g/mol. The van der Waals surface area contributed by atoms with Crippen LogP contribution in [0.1, 0.15) is 23.6 Å². The molecule has 0 spiro atoms. The first-order valence-electron chi connectivity index (χ1n) is 8.59. The number of hydrogen-bond acceptors (Lipinski definition) is 11. The second-order valence-corrected chi connectivity index (χ2v) is 6.96. The highest BCUT2D eigenvalue weighted by molar-refractivity contribution is 7.10. The fraction of sp³-hybridized carbons (Fsp3) is 0.474. The molecule has 1 aromatic rings. The summed E-state index contributed by atoms with van der Waals surface area (Å²) in [4.78, 5) is 74.2. The molecule has 1 heterocycles. The smallest absolute Gasteiger partial charge is 0.316 e. The lowest BCUT2D eigenvalue weighted by Gasteiger charge is -2.28. The van der Waals surface area contributed by atoms with E-state index in [9.17, 15) is 28.8 Å². The van der Waals surface area contributed by atoms with Gasteiger partial charge in [0.05, 0.1) is 28.4 Å². The van der Waals surface area contributed by atoms with Crippen LogP contribution in [0.4, 0.5) is 0 Å². The van der Waals surface area contributed by atoms with Crippen molar-refractivity contribution < 1.29 is 47.7 Å². The molecule has 0 unspecified atom stereocenters. The molecule has 30 heavy (non-hydrogen) atoms. The molecular weight excluding hydrogens is 420 g/mol. The van der Waals surface area contributed by atoms with Crippen LogP contribution in [-0.2, 0) is 47.7 Å². The van der Waals surface area contributed by atoms with Crippen molar-refractivity contribution >= 4 is 46.8 Å². The summed E-state index contributed by atoms with van der Waals surface area (Å²) in [5.74, 6) is -10.5. The molecule has 11 heteroatoms. The zero-order valence-corrected chi connectivity index (χ0v) is 17.7. The second-order valence-electron chi connectivity index (χ2n) is 5.98. The highest BCUT2D eigenvalue weighted by Gasteiger charge is 2.48. The van der Waals surface area contributed by atoms with Crippen LogP contribution in [0, 0.1) is 11.8 Å². The molecule has 164 valence electrons. The van der Waals surface area contributed by atoms with Crippen LogP contribution in [0.15, 0.2) is 17.5 Å². The summed E-state index contributed by atoms with van der Waals surface area (Å²) in [6.07, 6.45) is -1.56. The lowest BCUT2D eigenvalue weighted by atomic mass is 9.75. The molecule has 10 nitrogen and oxygen atoms in total. The number of rotatable bonds is 11. The number of carbonyl (C=O) groups is 6. The normalized spacial score (nSPS) is 12.4. The van der Waals surface area contributed by atoms with Crippen LogP contribution in [0.5, 0.6) is 0 Å². The van der Waals surface area contributed by atoms with Crippen molar-refractivity contribution in [1.82, 2.24) is 0 Å². The molecule has 0 amide bonds. The van der Waals surface area contributed by atoms with Gasteiger partial charge in [0.15, 0.2) is 11.6 Å². The number of Topliss-reactive ketones (excluding diaryl/α,β-unsaturated/α-hetero) is 2. The average molecular weight is 442 g/mol. The average Bonchev–Trinajstić information content (AvgIpc) is 3.26. The van der Waals surface area contributed by atoms with Crippen molar-refractivity contribution in [2.75, 3.05) is 28.4 Å². The van der Waals surface area contributed by atoms with Gasteiger partial charge in [0.2, 0.25) is 0 Å². The molecule has 0 fully saturated rings. The van der Waals surface area contributed by atoms with Crippen LogP contribution in [0.25, 0.3) is 0 Å². The molecule has 0 aliphatic rings. The number of carbonyl (C=O) groups excluding carboxylic acids is 6. The predicted octanol–water partition coefficient (Wildman–Crippen LogP) is 0.674. The molecule has 0 saturated carbocycles. The number of hydrogen-bond donors (Lipinski definition) is 0. The maximum Gasteiger partial charge on any atom is 0.316 e.